The Morgan fingerprint density at radius 1 is 1.50 bits per heavy atom. The van der Waals surface area contributed by atoms with Crippen molar-refractivity contribution in [2.24, 2.45) is 5.73 Å². The van der Waals surface area contributed by atoms with Crippen molar-refractivity contribution < 1.29 is 24.9 Å². The maximum atomic E-state index is 10.2. The zero-order valence-electron chi connectivity index (χ0n) is 6.52. The third kappa shape index (κ3) is 2.85. The lowest BCUT2D eigenvalue weighted by Crippen LogP contribution is -2.51. The molecule has 0 rings (SSSR count). The highest BCUT2D eigenvalue weighted by Gasteiger charge is 2.36. The van der Waals surface area contributed by atoms with Gasteiger partial charge in [-0.1, -0.05) is 0 Å². The molecule has 0 aliphatic heterocycles. The number of aliphatic carboxylic acids is 2. The lowest BCUT2D eigenvalue weighted by molar-refractivity contribution is -0.149. The lowest BCUT2D eigenvalue weighted by atomic mass is 9.93. The van der Waals surface area contributed by atoms with Crippen molar-refractivity contribution in [3.63, 3.8) is 0 Å². The third-order valence-corrected chi connectivity index (χ3v) is 1.45. The molecule has 0 heterocycles. The van der Waals surface area contributed by atoms with E-state index in [4.69, 9.17) is 15.9 Å². The molecule has 0 bridgehead atoms. The molecular formula is C6H11NO5. The predicted molar refractivity (Wildman–Crippen MR) is 38.5 cm³/mol. The molecular weight excluding hydrogens is 166 g/mol. The second-order valence-corrected chi connectivity index (χ2v) is 2.74. The number of hydrogen-bond donors (Lipinski definition) is 4. The van der Waals surface area contributed by atoms with Crippen LogP contribution in [-0.2, 0) is 9.59 Å². The van der Waals surface area contributed by atoms with Gasteiger partial charge in [-0.15, -0.1) is 0 Å². The molecule has 0 saturated carbocycles. The molecule has 5 N–H and O–H groups in total. The average Bonchev–Trinajstić information content (AvgIpc) is 1.82. The number of carboxylic acids is 2. The minimum Gasteiger partial charge on any atom is -0.481 e. The van der Waals surface area contributed by atoms with Gasteiger partial charge >= 0.3 is 11.9 Å². The molecule has 2 atom stereocenters. The molecule has 0 aromatic carbocycles. The molecule has 12 heavy (non-hydrogen) atoms. The van der Waals surface area contributed by atoms with Gasteiger partial charge in [0.15, 0.2) is 0 Å². The van der Waals surface area contributed by atoms with Gasteiger partial charge in [0.05, 0.1) is 12.0 Å². The highest BCUT2D eigenvalue weighted by atomic mass is 16.4. The Morgan fingerprint density at radius 2 is 1.92 bits per heavy atom. The fourth-order valence-electron chi connectivity index (χ4n) is 0.682. The number of carbonyl (C=O) groups is 2. The van der Waals surface area contributed by atoms with Gasteiger partial charge in [0, 0.05) is 0 Å². The van der Waals surface area contributed by atoms with Crippen molar-refractivity contribution in [2.45, 2.75) is 25.0 Å². The summed E-state index contributed by atoms with van der Waals surface area (Å²) < 4.78 is 0. The molecule has 0 fully saturated rings. The molecule has 0 aromatic rings. The molecule has 6 heteroatoms. The van der Waals surface area contributed by atoms with E-state index >= 15 is 0 Å². The fraction of sp³-hybridized carbons (Fsp3) is 0.667. The number of hydrogen-bond acceptors (Lipinski definition) is 4. The molecule has 0 aliphatic carbocycles. The lowest BCUT2D eigenvalue weighted by Gasteiger charge is -2.24. The number of carboxylic acid groups (broad SMARTS) is 2. The summed E-state index contributed by atoms with van der Waals surface area (Å²) in [6.07, 6.45) is -0.694. The minimum absolute atomic E-state index is 0.694. The molecule has 0 aromatic heterocycles. The smallest absolute Gasteiger partial charge is 0.323 e. The zero-order valence-corrected chi connectivity index (χ0v) is 6.52. The molecule has 6 nitrogen and oxygen atoms in total. The Balaban J connectivity index is 4.38. The Morgan fingerprint density at radius 3 is 2.17 bits per heavy atom. The molecule has 70 valence electrons. The van der Waals surface area contributed by atoms with E-state index < -0.39 is 30.0 Å². The summed E-state index contributed by atoms with van der Waals surface area (Å²) in [6.45, 7) is 1.07. The van der Waals surface area contributed by atoms with E-state index in [0.29, 0.717) is 0 Å². The summed E-state index contributed by atoms with van der Waals surface area (Å²) in [6, 6.07) is -1.59. The first-order chi connectivity index (χ1) is 5.27. The standard InChI is InChI=1S/C6H11NO5/c1-6(12,2-3(8)9)4(7)5(10)11/h4,12H,2,7H2,1H3,(H,8,9)(H,10,11)/t4-,6?/m1/s1. The monoisotopic (exact) mass is 177 g/mol. The Labute approximate surface area is 68.6 Å². The van der Waals surface area contributed by atoms with Crippen LogP contribution in [0.25, 0.3) is 0 Å². The van der Waals surface area contributed by atoms with E-state index in [1.54, 1.807) is 0 Å². The quantitative estimate of drug-likeness (QED) is 0.420. The van der Waals surface area contributed by atoms with Crippen LogP contribution in [0.3, 0.4) is 0 Å². The topological polar surface area (TPSA) is 121 Å². The average molecular weight is 177 g/mol. The van der Waals surface area contributed by atoms with Crippen molar-refractivity contribution in [3.05, 3.63) is 0 Å². The van der Waals surface area contributed by atoms with Crippen molar-refractivity contribution >= 4 is 11.9 Å². The predicted octanol–water partition coefficient (Wildman–Crippen LogP) is -1.38. The van der Waals surface area contributed by atoms with E-state index in [2.05, 4.69) is 0 Å². The van der Waals surface area contributed by atoms with Crippen LogP contribution >= 0.6 is 0 Å². The Bertz CT molecular complexity index is 200. The van der Waals surface area contributed by atoms with Crippen LogP contribution in [0.15, 0.2) is 0 Å². The van der Waals surface area contributed by atoms with Gasteiger partial charge in [-0.25, -0.2) is 0 Å². The molecule has 0 spiro atoms. The van der Waals surface area contributed by atoms with Crippen LogP contribution in [0.1, 0.15) is 13.3 Å². The Hall–Kier alpha value is -1.14. The summed E-state index contributed by atoms with van der Waals surface area (Å²) in [7, 11) is 0. The largest absolute Gasteiger partial charge is 0.481 e. The van der Waals surface area contributed by atoms with Crippen LogP contribution in [0.5, 0.6) is 0 Å². The van der Waals surface area contributed by atoms with Gasteiger partial charge < -0.3 is 21.1 Å². The van der Waals surface area contributed by atoms with Crippen molar-refractivity contribution in [1.29, 1.82) is 0 Å². The van der Waals surface area contributed by atoms with Gasteiger partial charge in [0.25, 0.3) is 0 Å². The molecule has 0 radical (unpaired) electrons. The summed E-state index contributed by atoms with van der Waals surface area (Å²) in [5.41, 5.74) is 3.11. The van der Waals surface area contributed by atoms with E-state index in [-0.39, 0.29) is 0 Å². The van der Waals surface area contributed by atoms with Gasteiger partial charge in [-0.3, -0.25) is 9.59 Å². The zero-order chi connectivity index (χ0) is 9.94. The third-order valence-electron chi connectivity index (χ3n) is 1.45. The molecule has 1 unspecified atom stereocenters. The van der Waals surface area contributed by atoms with E-state index in [1.807, 2.05) is 0 Å². The van der Waals surface area contributed by atoms with Gasteiger partial charge in [-0.2, -0.15) is 0 Å². The molecule has 0 aliphatic rings. The van der Waals surface area contributed by atoms with Crippen LogP contribution in [0.2, 0.25) is 0 Å². The molecule has 0 saturated heterocycles. The first kappa shape index (κ1) is 10.9. The van der Waals surface area contributed by atoms with Gasteiger partial charge in [0.1, 0.15) is 6.04 Å². The van der Waals surface area contributed by atoms with Crippen LogP contribution in [-0.4, -0.2) is 38.9 Å². The highest BCUT2D eigenvalue weighted by Crippen LogP contribution is 2.13. The Kier molecular flexibility index (Phi) is 3.17. The van der Waals surface area contributed by atoms with Crippen LogP contribution in [0.4, 0.5) is 0 Å². The van der Waals surface area contributed by atoms with E-state index in [0.717, 1.165) is 6.92 Å². The highest BCUT2D eigenvalue weighted by molar-refractivity contribution is 5.77. The SMILES string of the molecule is CC(O)(CC(=O)O)[C@H](N)C(=O)O. The van der Waals surface area contributed by atoms with E-state index in [9.17, 15) is 14.7 Å². The number of rotatable bonds is 4. The summed E-state index contributed by atoms with van der Waals surface area (Å²) in [4.78, 5) is 20.4. The first-order valence-electron chi connectivity index (χ1n) is 3.20. The van der Waals surface area contributed by atoms with Crippen LogP contribution in [0, 0.1) is 0 Å². The van der Waals surface area contributed by atoms with Crippen molar-refractivity contribution in [3.8, 4) is 0 Å². The number of aliphatic hydroxyl groups is 1. The maximum absolute atomic E-state index is 10.2. The minimum atomic E-state index is -1.92. The summed E-state index contributed by atoms with van der Waals surface area (Å²) in [5.74, 6) is -2.72. The van der Waals surface area contributed by atoms with Gasteiger partial charge in [-0.05, 0) is 6.92 Å². The van der Waals surface area contributed by atoms with Gasteiger partial charge in [0.2, 0.25) is 0 Å². The molecule has 0 amide bonds. The summed E-state index contributed by atoms with van der Waals surface area (Å²) >= 11 is 0. The number of nitrogens with two attached hydrogens (primary N) is 1. The normalized spacial score (nSPS) is 17.9. The van der Waals surface area contributed by atoms with Crippen molar-refractivity contribution in [2.75, 3.05) is 0 Å². The fourth-order valence-corrected chi connectivity index (χ4v) is 0.682. The van der Waals surface area contributed by atoms with E-state index in [1.165, 1.54) is 0 Å². The summed E-state index contributed by atoms with van der Waals surface area (Å²) in [5, 5.41) is 25.9. The second kappa shape index (κ2) is 3.51. The second-order valence-electron chi connectivity index (χ2n) is 2.74. The first-order valence-corrected chi connectivity index (χ1v) is 3.20. The maximum Gasteiger partial charge on any atom is 0.323 e. The van der Waals surface area contributed by atoms with Crippen molar-refractivity contribution in [1.82, 2.24) is 0 Å². The van der Waals surface area contributed by atoms with Crippen LogP contribution < -0.4 is 5.73 Å².